The molecular weight excluding hydrogens is 376 g/mol. The number of amides is 1. The normalized spacial score (nSPS) is 18.1. The van der Waals surface area contributed by atoms with Crippen molar-refractivity contribution in [2.24, 2.45) is 0 Å². The smallest absolute Gasteiger partial charge is 0.387 e. The van der Waals surface area contributed by atoms with Gasteiger partial charge in [0.1, 0.15) is 5.75 Å². The fourth-order valence-corrected chi connectivity index (χ4v) is 3.39. The zero-order valence-electron chi connectivity index (χ0n) is 15.1. The molecule has 0 radical (unpaired) electrons. The molecular formula is C20H18F4N2O2. The van der Waals surface area contributed by atoms with E-state index in [-0.39, 0.29) is 11.3 Å². The minimum absolute atomic E-state index is 0.0565. The maximum atomic E-state index is 13.2. The summed E-state index contributed by atoms with van der Waals surface area (Å²) in [5.41, 5.74) is 2.92. The number of aromatic nitrogens is 1. The second-order valence-corrected chi connectivity index (χ2v) is 7.30. The van der Waals surface area contributed by atoms with E-state index < -0.39 is 31.5 Å². The Bertz CT molecular complexity index is 920. The number of hydrogen-bond donors (Lipinski definition) is 0. The van der Waals surface area contributed by atoms with Gasteiger partial charge in [0.25, 0.3) is 11.8 Å². The van der Waals surface area contributed by atoms with Crippen molar-refractivity contribution in [3.8, 4) is 16.9 Å². The molecule has 1 saturated heterocycles. The molecule has 148 valence electrons. The summed E-state index contributed by atoms with van der Waals surface area (Å²) in [6.07, 6.45) is 2.09. The summed E-state index contributed by atoms with van der Waals surface area (Å²) in [4.78, 5) is 18.3. The van der Waals surface area contributed by atoms with E-state index in [1.54, 1.807) is 6.07 Å². The van der Waals surface area contributed by atoms with Crippen molar-refractivity contribution >= 4 is 5.91 Å². The van der Waals surface area contributed by atoms with Crippen LogP contribution in [0.15, 0.2) is 30.3 Å². The molecule has 2 fully saturated rings. The highest BCUT2D eigenvalue weighted by molar-refractivity contribution is 6.02. The fraction of sp³-hybridized carbons (Fsp3) is 0.400. The molecule has 8 heteroatoms. The highest BCUT2D eigenvalue weighted by atomic mass is 19.3. The van der Waals surface area contributed by atoms with Crippen LogP contribution in [0.3, 0.4) is 0 Å². The van der Waals surface area contributed by atoms with Gasteiger partial charge in [-0.1, -0.05) is 0 Å². The van der Waals surface area contributed by atoms with Crippen molar-refractivity contribution in [3.05, 3.63) is 47.3 Å². The molecule has 1 saturated carbocycles. The van der Waals surface area contributed by atoms with Gasteiger partial charge in [-0.25, -0.2) is 8.78 Å². The van der Waals surface area contributed by atoms with Crippen LogP contribution in [0.1, 0.15) is 40.5 Å². The van der Waals surface area contributed by atoms with Crippen LogP contribution in [0, 0.1) is 6.92 Å². The second-order valence-electron chi connectivity index (χ2n) is 7.30. The fourth-order valence-electron chi connectivity index (χ4n) is 3.39. The molecule has 4 rings (SSSR count). The molecule has 1 aromatic carbocycles. The van der Waals surface area contributed by atoms with E-state index >= 15 is 0 Å². The monoisotopic (exact) mass is 394 g/mol. The summed E-state index contributed by atoms with van der Waals surface area (Å²) in [6, 6.07) is 7.70. The quantitative estimate of drug-likeness (QED) is 0.695. The Labute approximate surface area is 159 Å². The number of rotatable bonds is 5. The van der Waals surface area contributed by atoms with Crippen LogP contribution in [-0.4, -0.2) is 41.4 Å². The lowest BCUT2D eigenvalue weighted by Gasteiger charge is -2.39. The molecule has 0 atom stereocenters. The number of ether oxygens (including phenoxy) is 1. The van der Waals surface area contributed by atoms with Crippen LogP contribution < -0.4 is 4.74 Å². The van der Waals surface area contributed by atoms with Crippen molar-refractivity contribution in [1.29, 1.82) is 0 Å². The van der Waals surface area contributed by atoms with Gasteiger partial charge in [0.15, 0.2) is 0 Å². The van der Waals surface area contributed by atoms with Gasteiger partial charge in [0.05, 0.1) is 18.7 Å². The zero-order chi connectivity index (χ0) is 20.1. The first-order valence-electron chi connectivity index (χ1n) is 8.97. The standard InChI is InChI=1S/C20H18F4N2O2/c1-11-6-13(7-17(25-11)12-2-3-12)15-5-4-14(28-19(21)22)8-16(15)18(27)26-9-20(23,24)10-26/h4-8,12,19H,2-3,9-10H2,1H3. The minimum Gasteiger partial charge on any atom is -0.435 e. The third kappa shape index (κ3) is 3.81. The van der Waals surface area contributed by atoms with E-state index in [0.29, 0.717) is 17.0 Å². The summed E-state index contributed by atoms with van der Waals surface area (Å²) >= 11 is 0. The number of hydrogen-bond acceptors (Lipinski definition) is 3. The third-order valence-corrected chi connectivity index (χ3v) is 4.86. The first kappa shape index (κ1) is 18.7. The number of benzene rings is 1. The SMILES string of the molecule is Cc1cc(-c2ccc(OC(F)F)cc2C(=O)N2CC(F)(F)C2)cc(C2CC2)n1. The molecule has 1 aliphatic heterocycles. The van der Waals surface area contributed by atoms with Crippen molar-refractivity contribution in [3.63, 3.8) is 0 Å². The minimum atomic E-state index is -3.05. The molecule has 1 amide bonds. The number of carbonyl (C=O) groups is 1. The van der Waals surface area contributed by atoms with E-state index in [0.717, 1.165) is 29.1 Å². The van der Waals surface area contributed by atoms with E-state index in [4.69, 9.17) is 0 Å². The Morgan fingerprint density at radius 2 is 1.93 bits per heavy atom. The molecule has 1 aliphatic carbocycles. The lowest BCUT2D eigenvalue weighted by atomic mass is 9.96. The van der Waals surface area contributed by atoms with Gasteiger partial charge in [-0.05, 0) is 61.2 Å². The molecule has 2 heterocycles. The summed E-state index contributed by atoms with van der Waals surface area (Å²) in [7, 11) is 0. The molecule has 0 spiro atoms. The second kappa shape index (κ2) is 6.76. The van der Waals surface area contributed by atoms with Crippen LogP contribution in [0.4, 0.5) is 17.6 Å². The van der Waals surface area contributed by atoms with Crippen LogP contribution in [0.5, 0.6) is 5.75 Å². The van der Waals surface area contributed by atoms with Crippen molar-refractivity contribution < 1.29 is 27.1 Å². The summed E-state index contributed by atoms with van der Waals surface area (Å²) in [6.45, 7) is -2.59. The predicted octanol–water partition coefficient (Wildman–Crippen LogP) is 4.63. The predicted molar refractivity (Wildman–Crippen MR) is 93.9 cm³/mol. The average molecular weight is 394 g/mol. The molecule has 4 nitrogen and oxygen atoms in total. The van der Waals surface area contributed by atoms with E-state index in [1.807, 2.05) is 13.0 Å². The maximum Gasteiger partial charge on any atom is 0.387 e. The number of pyridine rings is 1. The Kier molecular flexibility index (Phi) is 4.51. The number of aryl methyl sites for hydroxylation is 1. The lowest BCUT2D eigenvalue weighted by molar-refractivity contribution is -0.113. The number of nitrogens with zero attached hydrogens (tertiary/aromatic N) is 2. The zero-order valence-corrected chi connectivity index (χ0v) is 15.1. The summed E-state index contributed by atoms with van der Waals surface area (Å²) in [5.74, 6) is -3.36. The van der Waals surface area contributed by atoms with Crippen LogP contribution in [0.2, 0.25) is 0 Å². The number of likely N-dealkylation sites (tertiary alicyclic amines) is 1. The molecule has 28 heavy (non-hydrogen) atoms. The van der Waals surface area contributed by atoms with E-state index in [2.05, 4.69) is 9.72 Å². The molecule has 0 bridgehead atoms. The van der Waals surface area contributed by atoms with Gasteiger partial charge in [-0.3, -0.25) is 9.78 Å². The molecule has 1 aromatic heterocycles. The number of alkyl halides is 4. The maximum absolute atomic E-state index is 13.2. The van der Waals surface area contributed by atoms with Crippen LogP contribution in [-0.2, 0) is 0 Å². The third-order valence-electron chi connectivity index (χ3n) is 4.86. The van der Waals surface area contributed by atoms with Crippen molar-refractivity contribution in [1.82, 2.24) is 9.88 Å². The number of halogens is 4. The highest BCUT2D eigenvalue weighted by Gasteiger charge is 2.46. The molecule has 0 N–H and O–H groups in total. The first-order valence-corrected chi connectivity index (χ1v) is 8.97. The van der Waals surface area contributed by atoms with Gasteiger partial charge < -0.3 is 9.64 Å². The topological polar surface area (TPSA) is 42.4 Å². The van der Waals surface area contributed by atoms with Gasteiger partial charge in [-0.2, -0.15) is 8.78 Å². The van der Waals surface area contributed by atoms with Gasteiger partial charge in [-0.15, -0.1) is 0 Å². The lowest BCUT2D eigenvalue weighted by Crippen LogP contribution is -2.58. The van der Waals surface area contributed by atoms with Gasteiger partial charge in [0, 0.05) is 17.3 Å². The van der Waals surface area contributed by atoms with Crippen LogP contribution in [0.25, 0.3) is 11.1 Å². The van der Waals surface area contributed by atoms with Gasteiger partial charge in [0.2, 0.25) is 0 Å². The summed E-state index contributed by atoms with van der Waals surface area (Å²) in [5, 5.41) is 0. The van der Waals surface area contributed by atoms with E-state index in [1.165, 1.54) is 18.2 Å². The molecule has 2 aliphatic rings. The van der Waals surface area contributed by atoms with Crippen molar-refractivity contribution in [2.45, 2.75) is 38.2 Å². The first-order chi connectivity index (χ1) is 13.2. The number of carbonyl (C=O) groups excluding carboxylic acids is 1. The van der Waals surface area contributed by atoms with Gasteiger partial charge >= 0.3 is 6.61 Å². The molecule has 0 unspecified atom stereocenters. The Morgan fingerprint density at radius 3 is 2.54 bits per heavy atom. The largest absolute Gasteiger partial charge is 0.435 e. The Hall–Kier alpha value is -2.64. The summed E-state index contributed by atoms with van der Waals surface area (Å²) < 4.78 is 56.0. The Morgan fingerprint density at radius 1 is 1.21 bits per heavy atom. The average Bonchev–Trinajstić information content (AvgIpc) is 3.43. The molecule has 2 aromatic rings. The highest BCUT2D eigenvalue weighted by Crippen LogP contribution is 2.41. The Balaban J connectivity index is 1.75. The van der Waals surface area contributed by atoms with Crippen LogP contribution >= 0.6 is 0 Å². The van der Waals surface area contributed by atoms with E-state index in [9.17, 15) is 22.4 Å². The van der Waals surface area contributed by atoms with Crippen molar-refractivity contribution in [2.75, 3.05) is 13.1 Å².